The molecule has 2 heterocycles. The number of ether oxygens (including phenoxy) is 1. The van der Waals surface area contributed by atoms with Gasteiger partial charge in [0.05, 0.1) is 19.2 Å². The van der Waals surface area contributed by atoms with E-state index in [4.69, 9.17) is 9.26 Å². The van der Waals surface area contributed by atoms with E-state index in [0.29, 0.717) is 18.1 Å². The third-order valence-corrected chi connectivity index (χ3v) is 4.83. The fourth-order valence-corrected chi connectivity index (χ4v) is 3.22. The predicted molar refractivity (Wildman–Crippen MR) is 93.4 cm³/mol. The molecule has 0 aliphatic heterocycles. The van der Waals surface area contributed by atoms with E-state index >= 15 is 0 Å². The summed E-state index contributed by atoms with van der Waals surface area (Å²) in [6, 6.07) is 13.2. The summed E-state index contributed by atoms with van der Waals surface area (Å²) >= 11 is 1.70. The number of hydrogen-bond donors (Lipinski definition) is 1. The quantitative estimate of drug-likeness (QED) is 0.738. The monoisotopic (exact) mass is 342 g/mol. The Morgan fingerprint density at radius 3 is 2.79 bits per heavy atom. The Kier molecular flexibility index (Phi) is 4.96. The minimum atomic E-state index is -0.258. The van der Waals surface area contributed by atoms with Gasteiger partial charge in [0.25, 0.3) is 5.91 Å². The highest BCUT2D eigenvalue weighted by Gasteiger charge is 2.16. The van der Waals surface area contributed by atoms with Gasteiger partial charge < -0.3 is 14.6 Å². The molecule has 0 spiro atoms. The number of amides is 1. The van der Waals surface area contributed by atoms with Crippen LogP contribution >= 0.6 is 11.3 Å². The van der Waals surface area contributed by atoms with E-state index in [1.54, 1.807) is 24.5 Å². The molecule has 0 aliphatic carbocycles. The fourth-order valence-electron chi connectivity index (χ4n) is 2.32. The molecule has 0 saturated heterocycles. The van der Waals surface area contributed by atoms with Crippen molar-refractivity contribution in [1.29, 1.82) is 0 Å². The lowest BCUT2D eigenvalue weighted by molar-refractivity contribution is 0.0942. The van der Waals surface area contributed by atoms with Crippen molar-refractivity contribution in [1.82, 2.24) is 10.5 Å². The maximum Gasteiger partial charge on any atom is 0.273 e. The predicted octanol–water partition coefficient (Wildman–Crippen LogP) is 3.90. The summed E-state index contributed by atoms with van der Waals surface area (Å²) < 4.78 is 10.6. The number of methoxy groups -OCH3 is 1. The van der Waals surface area contributed by atoms with Crippen LogP contribution in [0, 0.1) is 0 Å². The van der Waals surface area contributed by atoms with Crippen molar-refractivity contribution in [3.05, 3.63) is 57.9 Å². The van der Waals surface area contributed by atoms with Gasteiger partial charge in [0.15, 0.2) is 11.5 Å². The SMILES string of the molecule is CCc1ccc(CNC(=O)c2cc(-c3ccccc3OC)on2)s1. The largest absolute Gasteiger partial charge is 0.496 e. The first-order valence-electron chi connectivity index (χ1n) is 7.67. The molecule has 0 aliphatic rings. The number of aryl methyl sites for hydroxylation is 1. The third kappa shape index (κ3) is 3.49. The van der Waals surface area contributed by atoms with Crippen LogP contribution in [0.5, 0.6) is 5.75 Å². The third-order valence-electron chi connectivity index (χ3n) is 3.60. The molecule has 0 saturated carbocycles. The summed E-state index contributed by atoms with van der Waals surface area (Å²) in [7, 11) is 1.59. The lowest BCUT2D eigenvalue weighted by Crippen LogP contribution is -2.22. The standard InChI is InChI=1S/C18H18N2O3S/c1-3-12-8-9-13(24-12)11-19-18(21)15-10-17(23-20-15)14-6-4-5-7-16(14)22-2/h4-10H,3,11H2,1-2H3,(H,19,21). The second-order valence-electron chi connectivity index (χ2n) is 5.18. The first-order chi connectivity index (χ1) is 11.7. The zero-order chi connectivity index (χ0) is 16.9. The summed E-state index contributed by atoms with van der Waals surface area (Å²) in [6.45, 7) is 2.60. The Balaban J connectivity index is 1.69. The summed E-state index contributed by atoms with van der Waals surface area (Å²) in [5.41, 5.74) is 1.01. The molecular formula is C18H18N2O3S. The average molecular weight is 342 g/mol. The summed E-state index contributed by atoms with van der Waals surface area (Å²) in [4.78, 5) is 14.7. The summed E-state index contributed by atoms with van der Waals surface area (Å²) in [5, 5.41) is 6.73. The van der Waals surface area contributed by atoms with Crippen molar-refractivity contribution in [2.75, 3.05) is 7.11 Å². The number of benzene rings is 1. The Morgan fingerprint density at radius 1 is 1.25 bits per heavy atom. The van der Waals surface area contributed by atoms with Gasteiger partial charge in [-0.1, -0.05) is 24.2 Å². The van der Waals surface area contributed by atoms with Crippen LogP contribution in [-0.2, 0) is 13.0 Å². The zero-order valence-corrected chi connectivity index (χ0v) is 14.4. The lowest BCUT2D eigenvalue weighted by Gasteiger charge is -2.03. The molecule has 5 nitrogen and oxygen atoms in total. The zero-order valence-electron chi connectivity index (χ0n) is 13.5. The average Bonchev–Trinajstić information content (AvgIpc) is 3.29. The highest BCUT2D eigenvalue weighted by molar-refractivity contribution is 7.11. The van der Waals surface area contributed by atoms with Gasteiger partial charge in [-0.15, -0.1) is 11.3 Å². The number of rotatable bonds is 6. The fraction of sp³-hybridized carbons (Fsp3) is 0.222. The van der Waals surface area contributed by atoms with E-state index in [9.17, 15) is 4.79 Å². The van der Waals surface area contributed by atoms with E-state index in [-0.39, 0.29) is 11.6 Å². The van der Waals surface area contributed by atoms with Crippen LogP contribution in [0.4, 0.5) is 0 Å². The Hall–Kier alpha value is -2.60. The number of hydrogen-bond acceptors (Lipinski definition) is 5. The number of nitrogens with one attached hydrogen (secondary N) is 1. The molecule has 0 bridgehead atoms. The van der Waals surface area contributed by atoms with Crippen molar-refractivity contribution in [2.45, 2.75) is 19.9 Å². The number of nitrogens with zero attached hydrogens (tertiary/aromatic N) is 1. The molecule has 1 N–H and O–H groups in total. The van der Waals surface area contributed by atoms with E-state index < -0.39 is 0 Å². The Labute approximate surface area is 144 Å². The van der Waals surface area contributed by atoms with Gasteiger partial charge in [0.1, 0.15) is 5.75 Å². The van der Waals surface area contributed by atoms with Gasteiger partial charge in [-0.05, 0) is 30.7 Å². The van der Waals surface area contributed by atoms with Crippen molar-refractivity contribution >= 4 is 17.2 Å². The van der Waals surface area contributed by atoms with Gasteiger partial charge in [-0.2, -0.15) is 0 Å². The Bertz CT molecular complexity index is 838. The molecule has 1 amide bonds. The van der Waals surface area contributed by atoms with Crippen LogP contribution < -0.4 is 10.1 Å². The molecule has 1 aromatic carbocycles. The first-order valence-corrected chi connectivity index (χ1v) is 8.48. The molecule has 3 aromatic rings. The van der Waals surface area contributed by atoms with Crippen LogP contribution in [-0.4, -0.2) is 18.2 Å². The number of thiophene rings is 1. The van der Waals surface area contributed by atoms with E-state index in [1.807, 2.05) is 30.3 Å². The molecule has 24 heavy (non-hydrogen) atoms. The minimum Gasteiger partial charge on any atom is -0.496 e. The van der Waals surface area contributed by atoms with Gasteiger partial charge in [0, 0.05) is 15.8 Å². The Morgan fingerprint density at radius 2 is 2.04 bits per heavy atom. The molecule has 0 fully saturated rings. The van der Waals surface area contributed by atoms with Crippen LogP contribution in [0.15, 0.2) is 47.0 Å². The van der Waals surface area contributed by atoms with Crippen LogP contribution in [0.1, 0.15) is 27.2 Å². The van der Waals surface area contributed by atoms with Gasteiger partial charge >= 0.3 is 0 Å². The topological polar surface area (TPSA) is 64.4 Å². The number of carbonyl (C=O) groups is 1. The molecule has 3 rings (SSSR count). The van der Waals surface area contributed by atoms with E-state index in [2.05, 4.69) is 23.5 Å². The number of aromatic nitrogens is 1. The van der Waals surface area contributed by atoms with Gasteiger partial charge in [0.2, 0.25) is 0 Å². The normalized spacial score (nSPS) is 10.6. The molecule has 0 radical (unpaired) electrons. The van der Waals surface area contributed by atoms with Crippen LogP contribution in [0.3, 0.4) is 0 Å². The van der Waals surface area contributed by atoms with Gasteiger partial charge in [-0.3, -0.25) is 4.79 Å². The van der Waals surface area contributed by atoms with E-state index in [0.717, 1.165) is 16.9 Å². The number of carbonyl (C=O) groups excluding carboxylic acids is 1. The maximum absolute atomic E-state index is 12.2. The molecule has 124 valence electrons. The summed E-state index contributed by atoms with van der Waals surface area (Å²) in [5.74, 6) is 0.916. The van der Waals surface area contributed by atoms with Gasteiger partial charge in [-0.25, -0.2) is 0 Å². The first kappa shape index (κ1) is 16.3. The summed E-state index contributed by atoms with van der Waals surface area (Å²) in [6.07, 6.45) is 1.00. The van der Waals surface area contributed by atoms with Crippen molar-refractivity contribution < 1.29 is 14.1 Å². The van der Waals surface area contributed by atoms with Crippen molar-refractivity contribution in [3.63, 3.8) is 0 Å². The van der Waals surface area contributed by atoms with Crippen molar-refractivity contribution in [3.8, 4) is 17.1 Å². The lowest BCUT2D eigenvalue weighted by atomic mass is 10.1. The number of para-hydroxylation sites is 1. The maximum atomic E-state index is 12.2. The van der Waals surface area contributed by atoms with E-state index in [1.165, 1.54) is 4.88 Å². The highest BCUT2D eigenvalue weighted by Crippen LogP contribution is 2.29. The van der Waals surface area contributed by atoms with Crippen LogP contribution in [0.25, 0.3) is 11.3 Å². The molecular weight excluding hydrogens is 324 g/mol. The molecule has 0 unspecified atom stereocenters. The highest BCUT2D eigenvalue weighted by atomic mass is 32.1. The van der Waals surface area contributed by atoms with Crippen molar-refractivity contribution in [2.24, 2.45) is 0 Å². The minimum absolute atomic E-state index is 0.253. The second kappa shape index (κ2) is 7.31. The molecule has 6 heteroatoms. The smallest absolute Gasteiger partial charge is 0.273 e. The molecule has 2 aromatic heterocycles. The molecule has 0 atom stereocenters. The van der Waals surface area contributed by atoms with Crippen LogP contribution in [0.2, 0.25) is 0 Å². The second-order valence-corrected chi connectivity index (χ2v) is 6.43.